The maximum Gasteiger partial charge on any atom is 0.319 e. The summed E-state index contributed by atoms with van der Waals surface area (Å²) in [6, 6.07) is 0. The fourth-order valence-electron chi connectivity index (χ4n) is 1.86. The second-order valence-corrected chi connectivity index (χ2v) is 4.04. The van der Waals surface area contributed by atoms with Crippen LogP contribution < -0.4 is 0 Å². The number of hydrogen-bond acceptors (Lipinski definition) is 4. The summed E-state index contributed by atoms with van der Waals surface area (Å²) >= 11 is 0. The molecule has 1 saturated heterocycles. The van der Waals surface area contributed by atoms with Gasteiger partial charge in [0, 0.05) is 13.7 Å². The van der Waals surface area contributed by atoms with Crippen LogP contribution in [0.3, 0.4) is 0 Å². The predicted octanol–water partition coefficient (Wildman–Crippen LogP) is 0.660. The maximum atomic E-state index is 11.1. The number of nitrogens with zero attached hydrogens (tertiary/aromatic N) is 1. The van der Waals surface area contributed by atoms with Crippen LogP contribution in [0.4, 0.5) is 0 Å². The summed E-state index contributed by atoms with van der Waals surface area (Å²) in [4.78, 5) is 13.2. The van der Waals surface area contributed by atoms with Crippen LogP contribution in [0.25, 0.3) is 0 Å². The predicted molar refractivity (Wildman–Crippen MR) is 53.1 cm³/mol. The Morgan fingerprint density at radius 3 is 2.79 bits per heavy atom. The highest BCUT2D eigenvalue weighted by molar-refractivity contribution is 5.71. The quantitative estimate of drug-likeness (QED) is 0.629. The Morgan fingerprint density at radius 2 is 2.21 bits per heavy atom. The van der Waals surface area contributed by atoms with E-state index in [1.807, 2.05) is 0 Å². The minimum atomic E-state index is -0.176. The summed E-state index contributed by atoms with van der Waals surface area (Å²) in [6.45, 7) is 4.21. The molecule has 0 aromatic heterocycles. The molecule has 1 atom stereocenters. The zero-order chi connectivity index (χ0) is 10.6. The SMILES string of the molecule is COC(=O)CN1CCCC(C)(OC)C1. The van der Waals surface area contributed by atoms with Crippen molar-refractivity contribution in [2.75, 3.05) is 33.9 Å². The van der Waals surface area contributed by atoms with E-state index in [1.54, 1.807) is 7.11 Å². The van der Waals surface area contributed by atoms with Gasteiger partial charge in [0.2, 0.25) is 0 Å². The van der Waals surface area contributed by atoms with Crippen LogP contribution in [0, 0.1) is 0 Å². The van der Waals surface area contributed by atoms with Crippen molar-refractivity contribution in [1.82, 2.24) is 4.90 Å². The number of carbonyl (C=O) groups excluding carboxylic acids is 1. The summed E-state index contributed by atoms with van der Waals surface area (Å²) in [5.41, 5.74) is -0.105. The van der Waals surface area contributed by atoms with Crippen molar-refractivity contribution >= 4 is 5.97 Å². The molecule has 0 N–H and O–H groups in total. The Balaban J connectivity index is 2.44. The first kappa shape index (κ1) is 11.5. The van der Waals surface area contributed by atoms with E-state index in [0.717, 1.165) is 25.9 Å². The highest BCUT2D eigenvalue weighted by Crippen LogP contribution is 2.23. The van der Waals surface area contributed by atoms with Gasteiger partial charge in [0.25, 0.3) is 0 Å². The van der Waals surface area contributed by atoms with Gasteiger partial charge in [0.15, 0.2) is 0 Å². The van der Waals surface area contributed by atoms with Gasteiger partial charge in [0.05, 0.1) is 19.3 Å². The highest BCUT2D eigenvalue weighted by Gasteiger charge is 2.31. The lowest BCUT2D eigenvalue weighted by molar-refractivity contribution is -0.143. The molecular weight excluding hydrogens is 182 g/mol. The van der Waals surface area contributed by atoms with Crippen LogP contribution in [0.1, 0.15) is 19.8 Å². The molecule has 0 radical (unpaired) electrons. The molecule has 14 heavy (non-hydrogen) atoms. The minimum Gasteiger partial charge on any atom is -0.468 e. The number of likely N-dealkylation sites (tertiary alicyclic amines) is 1. The molecule has 0 spiro atoms. The van der Waals surface area contributed by atoms with Crippen LogP contribution in [-0.2, 0) is 14.3 Å². The van der Waals surface area contributed by atoms with Crippen molar-refractivity contribution in [3.8, 4) is 0 Å². The molecule has 1 unspecified atom stereocenters. The van der Waals surface area contributed by atoms with Crippen LogP contribution >= 0.6 is 0 Å². The molecule has 1 aliphatic heterocycles. The number of ether oxygens (including phenoxy) is 2. The van der Waals surface area contributed by atoms with Crippen LogP contribution in [0.2, 0.25) is 0 Å². The lowest BCUT2D eigenvalue weighted by Crippen LogP contribution is -2.48. The first-order valence-corrected chi connectivity index (χ1v) is 4.94. The minimum absolute atomic E-state index is 0.105. The molecule has 82 valence electrons. The Labute approximate surface area is 85.2 Å². The second-order valence-electron chi connectivity index (χ2n) is 4.04. The van der Waals surface area contributed by atoms with E-state index in [2.05, 4.69) is 16.6 Å². The normalized spacial score (nSPS) is 28.8. The first-order chi connectivity index (χ1) is 6.59. The Kier molecular flexibility index (Phi) is 3.89. The van der Waals surface area contributed by atoms with Crippen LogP contribution in [0.15, 0.2) is 0 Å². The zero-order valence-electron chi connectivity index (χ0n) is 9.21. The maximum absolute atomic E-state index is 11.1. The van der Waals surface area contributed by atoms with E-state index in [4.69, 9.17) is 4.74 Å². The van der Waals surface area contributed by atoms with E-state index < -0.39 is 0 Å². The highest BCUT2D eigenvalue weighted by atomic mass is 16.5. The number of rotatable bonds is 3. The lowest BCUT2D eigenvalue weighted by atomic mass is 9.95. The summed E-state index contributed by atoms with van der Waals surface area (Å²) in [5.74, 6) is -0.176. The summed E-state index contributed by atoms with van der Waals surface area (Å²) in [7, 11) is 3.14. The van der Waals surface area contributed by atoms with Crippen molar-refractivity contribution in [2.24, 2.45) is 0 Å². The molecule has 0 bridgehead atoms. The van der Waals surface area contributed by atoms with Gasteiger partial charge < -0.3 is 9.47 Å². The second kappa shape index (κ2) is 4.75. The number of methoxy groups -OCH3 is 2. The molecule has 0 aromatic carbocycles. The average molecular weight is 201 g/mol. The third-order valence-corrected chi connectivity index (χ3v) is 2.81. The molecule has 0 aromatic rings. The van der Waals surface area contributed by atoms with Gasteiger partial charge in [-0.2, -0.15) is 0 Å². The van der Waals surface area contributed by atoms with E-state index >= 15 is 0 Å². The van der Waals surface area contributed by atoms with Crippen LogP contribution in [-0.4, -0.2) is 50.3 Å². The van der Waals surface area contributed by atoms with E-state index in [9.17, 15) is 4.79 Å². The molecule has 1 aliphatic rings. The zero-order valence-corrected chi connectivity index (χ0v) is 9.21. The van der Waals surface area contributed by atoms with Crippen molar-refractivity contribution in [3.05, 3.63) is 0 Å². The van der Waals surface area contributed by atoms with Crippen molar-refractivity contribution in [3.63, 3.8) is 0 Å². The smallest absolute Gasteiger partial charge is 0.319 e. The molecule has 1 fully saturated rings. The Morgan fingerprint density at radius 1 is 1.50 bits per heavy atom. The first-order valence-electron chi connectivity index (χ1n) is 4.94. The van der Waals surface area contributed by atoms with Gasteiger partial charge in [0.1, 0.15) is 0 Å². The molecule has 0 saturated carbocycles. The number of carbonyl (C=O) groups is 1. The summed E-state index contributed by atoms with van der Waals surface area (Å²) in [5, 5.41) is 0. The molecule has 0 aliphatic carbocycles. The summed E-state index contributed by atoms with van der Waals surface area (Å²) in [6.07, 6.45) is 2.13. The largest absolute Gasteiger partial charge is 0.468 e. The number of hydrogen-bond donors (Lipinski definition) is 0. The van der Waals surface area contributed by atoms with E-state index in [0.29, 0.717) is 6.54 Å². The molecule has 1 rings (SSSR count). The van der Waals surface area contributed by atoms with Gasteiger partial charge in [-0.25, -0.2) is 0 Å². The fourth-order valence-corrected chi connectivity index (χ4v) is 1.86. The third kappa shape index (κ3) is 2.96. The molecule has 4 heteroatoms. The van der Waals surface area contributed by atoms with E-state index in [1.165, 1.54) is 7.11 Å². The standard InChI is InChI=1S/C10H19NO3/c1-10(14-3)5-4-6-11(8-10)7-9(12)13-2/h4-8H2,1-3H3. The van der Waals surface area contributed by atoms with Crippen molar-refractivity contribution in [2.45, 2.75) is 25.4 Å². The van der Waals surface area contributed by atoms with Gasteiger partial charge in [-0.15, -0.1) is 0 Å². The topological polar surface area (TPSA) is 38.8 Å². The molecule has 1 heterocycles. The Bertz CT molecular complexity index is 208. The molecular formula is C10H19NO3. The lowest BCUT2D eigenvalue weighted by Gasteiger charge is -2.38. The molecule has 4 nitrogen and oxygen atoms in total. The van der Waals surface area contributed by atoms with Crippen molar-refractivity contribution in [1.29, 1.82) is 0 Å². The van der Waals surface area contributed by atoms with Crippen LogP contribution in [0.5, 0.6) is 0 Å². The van der Waals surface area contributed by atoms with Gasteiger partial charge in [-0.1, -0.05) is 0 Å². The molecule has 0 amide bonds. The third-order valence-electron chi connectivity index (χ3n) is 2.81. The number of esters is 1. The van der Waals surface area contributed by atoms with Gasteiger partial charge in [-0.05, 0) is 26.3 Å². The monoisotopic (exact) mass is 201 g/mol. The van der Waals surface area contributed by atoms with Crippen molar-refractivity contribution < 1.29 is 14.3 Å². The summed E-state index contributed by atoms with van der Waals surface area (Å²) < 4.78 is 10.1. The fraction of sp³-hybridized carbons (Fsp3) is 0.900. The van der Waals surface area contributed by atoms with Gasteiger partial charge in [-0.3, -0.25) is 9.69 Å². The average Bonchev–Trinajstić information content (AvgIpc) is 2.18. The Hall–Kier alpha value is -0.610. The van der Waals surface area contributed by atoms with Gasteiger partial charge >= 0.3 is 5.97 Å². The van der Waals surface area contributed by atoms with E-state index in [-0.39, 0.29) is 11.6 Å². The number of piperidine rings is 1.